The SMILES string of the molecule is C#CC1(OC(=O)CC)CC2CCC3C(CCC4(C)C3CCC4(C#C)OC(=O)CC)C2(C)C1. The number of carbonyl (C=O) groups excluding carboxylic acids is 2. The van der Waals surface area contributed by atoms with Crippen LogP contribution in [0.2, 0.25) is 0 Å². The molecule has 4 rings (SSSR count). The number of terminal acetylenes is 2. The Bertz CT molecular complexity index is 879. The Morgan fingerprint density at radius 2 is 1.56 bits per heavy atom. The highest BCUT2D eigenvalue weighted by Gasteiger charge is 2.68. The summed E-state index contributed by atoms with van der Waals surface area (Å²) >= 11 is 0. The van der Waals surface area contributed by atoms with Crippen LogP contribution < -0.4 is 0 Å². The molecule has 8 unspecified atom stereocenters. The first-order valence-corrected chi connectivity index (χ1v) is 12.5. The molecule has 4 nitrogen and oxygen atoms in total. The molecule has 4 heteroatoms. The summed E-state index contributed by atoms with van der Waals surface area (Å²) in [5, 5.41) is 0. The number of hydrogen-bond acceptors (Lipinski definition) is 4. The molecule has 4 saturated carbocycles. The average molecular weight is 439 g/mol. The summed E-state index contributed by atoms with van der Waals surface area (Å²) in [5.74, 6) is 7.45. The molecule has 0 amide bonds. The summed E-state index contributed by atoms with van der Waals surface area (Å²) in [6.07, 6.45) is 20.3. The van der Waals surface area contributed by atoms with E-state index in [1.54, 1.807) is 0 Å². The van der Waals surface area contributed by atoms with E-state index >= 15 is 0 Å². The second-order valence-corrected chi connectivity index (χ2v) is 11.3. The highest BCUT2D eigenvalue weighted by atomic mass is 16.6. The van der Waals surface area contributed by atoms with E-state index in [4.69, 9.17) is 22.3 Å². The van der Waals surface area contributed by atoms with Gasteiger partial charge in [-0.3, -0.25) is 9.59 Å². The maximum atomic E-state index is 12.3. The van der Waals surface area contributed by atoms with Gasteiger partial charge in [-0.2, -0.15) is 0 Å². The molecular weight excluding hydrogens is 400 g/mol. The lowest BCUT2D eigenvalue weighted by Crippen LogP contribution is -2.55. The van der Waals surface area contributed by atoms with Crippen molar-refractivity contribution in [3.63, 3.8) is 0 Å². The van der Waals surface area contributed by atoms with Gasteiger partial charge in [0.1, 0.15) is 0 Å². The standard InChI is InChI=1S/C28H38O4/c1-7-23(29)31-27(9-3)17-19-11-12-20-21(25(19,5)18-27)13-15-26(6)22(20)14-16-28(26,10-4)32-24(30)8-2/h3-4,19-22H,7-8,11-18H2,1-2,5-6H3. The summed E-state index contributed by atoms with van der Waals surface area (Å²) in [5.41, 5.74) is -1.68. The van der Waals surface area contributed by atoms with Gasteiger partial charge < -0.3 is 9.47 Å². The fourth-order valence-corrected chi connectivity index (χ4v) is 8.44. The lowest BCUT2D eigenvalue weighted by Gasteiger charge is -2.58. The van der Waals surface area contributed by atoms with Crippen molar-refractivity contribution in [3.05, 3.63) is 0 Å². The molecule has 0 saturated heterocycles. The Balaban J connectivity index is 1.62. The Kier molecular flexibility index (Phi) is 5.68. The zero-order valence-corrected chi connectivity index (χ0v) is 20.2. The van der Waals surface area contributed by atoms with Gasteiger partial charge in [0.2, 0.25) is 0 Å². The minimum atomic E-state index is -0.789. The van der Waals surface area contributed by atoms with Crippen molar-refractivity contribution in [2.75, 3.05) is 0 Å². The van der Waals surface area contributed by atoms with Crippen molar-refractivity contribution in [2.45, 2.75) is 103 Å². The van der Waals surface area contributed by atoms with E-state index in [9.17, 15) is 9.59 Å². The number of carbonyl (C=O) groups is 2. The Morgan fingerprint density at radius 1 is 0.906 bits per heavy atom. The van der Waals surface area contributed by atoms with E-state index in [0.29, 0.717) is 36.5 Å². The van der Waals surface area contributed by atoms with E-state index in [1.807, 2.05) is 13.8 Å². The van der Waals surface area contributed by atoms with Gasteiger partial charge in [-0.05, 0) is 67.6 Å². The molecule has 0 N–H and O–H groups in total. The molecule has 0 radical (unpaired) electrons. The normalized spacial score (nSPS) is 46.7. The zero-order chi connectivity index (χ0) is 23.4. The molecule has 0 aliphatic heterocycles. The van der Waals surface area contributed by atoms with Gasteiger partial charge in [0.25, 0.3) is 0 Å². The van der Waals surface area contributed by atoms with E-state index in [1.165, 1.54) is 0 Å². The minimum Gasteiger partial charge on any atom is -0.446 e. The third-order valence-electron chi connectivity index (χ3n) is 10.1. The number of fused-ring (bicyclic) bond motifs is 5. The van der Waals surface area contributed by atoms with Crippen LogP contribution in [0.3, 0.4) is 0 Å². The third-order valence-corrected chi connectivity index (χ3v) is 10.1. The molecule has 4 aliphatic carbocycles. The molecule has 8 atom stereocenters. The smallest absolute Gasteiger partial charge is 0.307 e. The number of esters is 2. The molecule has 4 aliphatic rings. The second kappa shape index (κ2) is 7.83. The van der Waals surface area contributed by atoms with Crippen molar-refractivity contribution in [3.8, 4) is 24.7 Å². The van der Waals surface area contributed by atoms with Crippen molar-refractivity contribution in [1.82, 2.24) is 0 Å². The van der Waals surface area contributed by atoms with Crippen LogP contribution in [0.15, 0.2) is 0 Å². The molecule has 0 bridgehead atoms. The van der Waals surface area contributed by atoms with Gasteiger partial charge in [-0.1, -0.05) is 39.5 Å². The predicted octanol–water partition coefficient (Wildman–Crippen LogP) is 5.29. The summed E-state index contributed by atoms with van der Waals surface area (Å²) in [4.78, 5) is 24.4. The van der Waals surface area contributed by atoms with Gasteiger partial charge in [-0.15, -0.1) is 12.8 Å². The van der Waals surface area contributed by atoms with E-state index in [2.05, 4.69) is 25.7 Å². The van der Waals surface area contributed by atoms with Gasteiger partial charge in [0.05, 0.1) is 0 Å². The summed E-state index contributed by atoms with van der Waals surface area (Å²) < 4.78 is 11.9. The maximum Gasteiger partial charge on any atom is 0.307 e. The molecule has 4 fully saturated rings. The van der Waals surface area contributed by atoms with Crippen LogP contribution in [0.5, 0.6) is 0 Å². The number of ether oxygens (including phenoxy) is 2. The Morgan fingerprint density at radius 3 is 2.19 bits per heavy atom. The summed E-state index contributed by atoms with van der Waals surface area (Å²) in [6.45, 7) is 8.29. The zero-order valence-electron chi connectivity index (χ0n) is 20.2. The van der Waals surface area contributed by atoms with Crippen molar-refractivity contribution in [1.29, 1.82) is 0 Å². The molecule has 0 spiro atoms. The average Bonchev–Trinajstić information content (AvgIpc) is 3.25. The van der Waals surface area contributed by atoms with Crippen LogP contribution in [0.25, 0.3) is 0 Å². The third kappa shape index (κ3) is 3.13. The number of hydrogen-bond donors (Lipinski definition) is 0. The lowest BCUT2D eigenvalue weighted by molar-refractivity contribution is -0.174. The highest BCUT2D eigenvalue weighted by Crippen LogP contribution is 2.70. The van der Waals surface area contributed by atoms with Crippen molar-refractivity contribution >= 4 is 11.9 Å². The van der Waals surface area contributed by atoms with Crippen molar-refractivity contribution in [2.24, 2.45) is 34.5 Å². The first-order chi connectivity index (χ1) is 15.1. The Hall–Kier alpha value is -1.94. The van der Waals surface area contributed by atoms with Gasteiger partial charge in [0, 0.05) is 31.1 Å². The van der Waals surface area contributed by atoms with E-state index < -0.39 is 11.2 Å². The predicted molar refractivity (Wildman–Crippen MR) is 123 cm³/mol. The van der Waals surface area contributed by atoms with Crippen LogP contribution in [-0.4, -0.2) is 23.1 Å². The molecular formula is C28H38O4. The maximum absolute atomic E-state index is 12.3. The monoisotopic (exact) mass is 438 g/mol. The summed E-state index contributed by atoms with van der Waals surface area (Å²) in [7, 11) is 0. The van der Waals surface area contributed by atoms with Crippen molar-refractivity contribution < 1.29 is 19.1 Å². The van der Waals surface area contributed by atoms with Gasteiger partial charge >= 0.3 is 11.9 Å². The highest BCUT2D eigenvalue weighted by molar-refractivity contribution is 5.70. The topological polar surface area (TPSA) is 52.6 Å². The van der Waals surface area contributed by atoms with Crippen LogP contribution in [-0.2, 0) is 19.1 Å². The molecule has 0 aromatic rings. The lowest BCUT2D eigenvalue weighted by atomic mass is 9.47. The van der Waals surface area contributed by atoms with Crippen LogP contribution in [0, 0.1) is 59.2 Å². The first-order valence-electron chi connectivity index (χ1n) is 12.5. The minimum absolute atomic E-state index is 0.0616. The molecule has 32 heavy (non-hydrogen) atoms. The van der Waals surface area contributed by atoms with Crippen LogP contribution in [0.4, 0.5) is 0 Å². The van der Waals surface area contributed by atoms with Gasteiger partial charge in [-0.25, -0.2) is 0 Å². The van der Waals surface area contributed by atoms with Crippen LogP contribution >= 0.6 is 0 Å². The fourth-order valence-electron chi connectivity index (χ4n) is 8.44. The first kappa shape index (κ1) is 23.2. The largest absolute Gasteiger partial charge is 0.446 e. The summed E-state index contributed by atoms with van der Waals surface area (Å²) in [6, 6.07) is 0. The molecule has 0 heterocycles. The molecule has 174 valence electrons. The molecule has 0 aromatic heterocycles. The molecule has 0 aromatic carbocycles. The second-order valence-electron chi connectivity index (χ2n) is 11.3. The van der Waals surface area contributed by atoms with E-state index in [-0.39, 0.29) is 22.8 Å². The number of rotatable bonds is 4. The van der Waals surface area contributed by atoms with Gasteiger partial charge in [0.15, 0.2) is 11.2 Å². The Labute approximate surface area is 193 Å². The quantitative estimate of drug-likeness (QED) is 0.442. The fraction of sp³-hybridized carbons (Fsp3) is 0.786. The van der Waals surface area contributed by atoms with Crippen LogP contribution in [0.1, 0.15) is 91.9 Å². The van der Waals surface area contributed by atoms with E-state index in [0.717, 1.165) is 51.4 Å².